The molecule has 4 aromatic rings. The minimum absolute atomic E-state index is 0.0485. The summed E-state index contributed by atoms with van der Waals surface area (Å²) in [5.74, 6) is 1.08. The number of alkyl halides is 1. The fourth-order valence-corrected chi connectivity index (χ4v) is 6.19. The molecule has 2 fully saturated rings. The second kappa shape index (κ2) is 10.3. The molecule has 2 aliphatic heterocycles. The first-order chi connectivity index (χ1) is 20.0. The highest BCUT2D eigenvalue weighted by Gasteiger charge is 2.49. The van der Waals surface area contributed by atoms with Crippen LogP contribution in [0.1, 0.15) is 52.0 Å². The van der Waals surface area contributed by atoms with Gasteiger partial charge in [0.05, 0.1) is 16.5 Å². The fourth-order valence-electron chi connectivity index (χ4n) is 6.19. The maximum absolute atomic E-state index is 16.5. The number of phenolic OH excluding ortho intramolecular Hbond substituents is 1. The number of hydrogen-bond donors (Lipinski definition) is 2. The SMILES string of the molecule is C#Cc1c(F)ccc2cc(O)cc(-c3ncc4c(NC(C)(C)CC)nc(OC[C@@]56CCCN5C[C@H](F)C6)nc4c3F)c12. The molecule has 10 heteroatoms. The molecular formula is C32H32F3N5O2. The highest BCUT2D eigenvalue weighted by molar-refractivity contribution is 6.03. The predicted molar refractivity (Wildman–Crippen MR) is 156 cm³/mol. The Morgan fingerprint density at radius 2 is 2.07 bits per heavy atom. The van der Waals surface area contributed by atoms with Crippen LogP contribution in [0.5, 0.6) is 11.8 Å². The van der Waals surface area contributed by atoms with E-state index < -0.39 is 28.9 Å². The van der Waals surface area contributed by atoms with Crippen molar-refractivity contribution < 1.29 is 23.0 Å². The molecule has 4 heterocycles. The first kappa shape index (κ1) is 28.0. The van der Waals surface area contributed by atoms with Gasteiger partial charge in [-0.15, -0.1) is 6.42 Å². The van der Waals surface area contributed by atoms with Crippen molar-refractivity contribution in [3.63, 3.8) is 0 Å². The summed E-state index contributed by atoms with van der Waals surface area (Å²) in [6, 6.07) is 5.35. The summed E-state index contributed by atoms with van der Waals surface area (Å²) in [4.78, 5) is 15.6. The van der Waals surface area contributed by atoms with Crippen LogP contribution in [0.2, 0.25) is 0 Å². The molecule has 0 radical (unpaired) electrons. The number of phenols is 1. The van der Waals surface area contributed by atoms with Gasteiger partial charge in [0, 0.05) is 35.7 Å². The summed E-state index contributed by atoms with van der Waals surface area (Å²) < 4.78 is 51.7. The molecule has 2 saturated heterocycles. The normalized spacial score (nSPS) is 20.6. The number of halogens is 3. The van der Waals surface area contributed by atoms with E-state index in [9.17, 15) is 13.9 Å². The summed E-state index contributed by atoms with van der Waals surface area (Å²) in [5.41, 5.74) is -1.00. The van der Waals surface area contributed by atoms with Crippen LogP contribution in [0, 0.1) is 24.0 Å². The molecule has 2 aromatic carbocycles. The van der Waals surface area contributed by atoms with E-state index >= 15 is 4.39 Å². The lowest BCUT2D eigenvalue weighted by Crippen LogP contribution is -2.43. The molecule has 7 nitrogen and oxygen atoms in total. The number of rotatable bonds is 7. The fraction of sp³-hybridized carbons (Fsp3) is 0.406. The number of nitrogens with one attached hydrogen (secondary N) is 1. The summed E-state index contributed by atoms with van der Waals surface area (Å²) >= 11 is 0. The summed E-state index contributed by atoms with van der Waals surface area (Å²) in [6.45, 7) is 7.36. The van der Waals surface area contributed by atoms with E-state index in [0.29, 0.717) is 29.6 Å². The van der Waals surface area contributed by atoms with Crippen molar-refractivity contribution in [2.75, 3.05) is 25.0 Å². The molecule has 0 aliphatic carbocycles. The zero-order valence-electron chi connectivity index (χ0n) is 23.8. The number of benzene rings is 2. The molecule has 0 unspecified atom stereocenters. The van der Waals surface area contributed by atoms with Crippen molar-refractivity contribution in [3.05, 3.63) is 47.7 Å². The lowest BCUT2D eigenvalue weighted by molar-refractivity contribution is 0.107. The van der Waals surface area contributed by atoms with Crippen LogP contribution in [-0.4, -0.2) is 61.9 Å². The molecule has 0 saturated carbocycles. The monoisotopic (exact) mass is 575 g/mol. The number of aromatic hydroxyl groups is 1. The Hall–Kier alpha value is -4.10. The Kier molecular flexibility index (Phi) is 6.89. The van der Waals surface area contributed by atoms with E-state index in [0.717, 1.165) is 25.8 Å². The number of nitrogens with zero attached hydrogens (tertiary/aromatic N) is 4. The van der Waals surface area contributed by atoms with E-state index in [1.807, 2.05) is 20.8 Å². The molecule has 6 rings (SSSR count). The third kappa shape index (κ3) is 4.75. The zero-order chi connectivity index (χ0) is 29.8. The van der Waals surface area contributed by atoms with Crippen LogP contribution < -0.4 is 10.1 Å². The number of hydrogen-bond acceptors (Lipinski definition) is 7. The molecular weight excluding hydrogens is 543 g/mol. The van der Waals surface area contributed by atoms with Crippen molar-refractivity contribution in [1.29, 1.82) is 0 Å². The van der Waals surface area contributed by atoms with Gasteiger partial charge >= 0.3 is 6.01 Å². The van der Waals surface area contributed by atoms with E-state index in [1.165, 1.54) is 30.5 Å². The van der Waals surface area contributed by atoms with Crippen molar-refractivity contribution >= 4 is 27.5 Å². The smallest absolute Gasteiger partial charge is 0.319 e. The lowest BCUT2D eigenvalue weighted by atomic mass is 9.95. The molecule has 0 amide bonds. The minimum Gasteiger partial charge on any atom is -0.508 e. The molecule has 2 atom stereocenters. The number of anilines is 1. The van der Waals surface area contributed by atoms with Crippen LogP contribution in [-0.2, 0) is 0 Å². The summed E-state index contributed by atoms with van der Waals surface area (Å²) in [7, 11) is 0. The van der Waals surface area contributed by atoms with Crippen LogP contribution >= 0.6 is 0 Å². The first-order valence-corrected chi connectivity index (χ1v) is 14.1. The van der Waals surface area contributed by atoms with Gasteiger partial charge in [0.25, 0.3) is 0 Å². The number of ether oxygens (including phenoxy) is 1. The molecule has 42 heavy (non-hydrogen) atoms. The van der Waals surface area contributed by atoms with E-state index in [-0.39, 0.29) is 46.1 Å². The molecule has 218 valence electrons. The van der Waals surface area contributed by atoms with E-state index in [1.54, 1.807) is 0 Å². The third-order valence-electron chi connectivity index (χ3n) is 8.69. The minimum atomic E-state index is -0.921. The van der Waals surface area contributed by atoms with Crippen LogP contribution in [0.15, 0.2) is 30.5 Å². The van der Waals surface area contributed by atoms with Gasteiger partial charge in [0.1, 0.15) is 41.4 Å². The second-order valence-electron chi connectivity index (χ2n) is 11.9. The van der Waals surface area contributed by atoms with Crippen molar-refractivity contribution in [1.82, 2.24) is 19.9 Å². The van der Waals surface area contributed by atoms with Gasteiger partial charge in [-0.05, 0) is 63.2 Å². The average molecular weight is 576 g/mol. The Labute approximate surface area is 242 Å². The van der Waals surface area contributed by atoms with Crippen molar-refractivity contribution in [3.8, 4) is 35.4 Å². The molecule has 2 aliphatic rings. The number of terminal acetylenes is 1. The number of fused-ring (bicyclic) bond motifs is 3. The van der Waals surface area contributed by atoms with Gasteiger partial charge in [-0.2, -0.15) is 9.97 Å². The van der Waals surface area contributed by atoms with Gasteiger partial charge in [0.15, 0.2) is 5.82 Å². The Morgan fingerprint density at radius 1 is 1.26 bits per heavy atom. The maximum atomic E-state index is 16.5. The largest absolute Gasteiger partial charge is 0.508 e. The molecule has 2 aromatic heterocycles. The van der Waals surface area contributed by atoms with Crippen molar-refractivity contribution in [2.24, 2.45) is 0 Å². The predicted octanol–water partition coefficient (Wildman–Crippen LogP) is 6.37. The molecule has 0 spiro atoms. The Balaban J connectivity index is 1.51. The van der Waals surface area contributed by atoms with Crippen LogP contribution in [0.3, 0.4) is 0 Å². The van der Waals surface area contributed by atoms with Gasteiger partial charge in [-0.3, -0.25) is 9.88 Å². The van der Waals surface area contributed by atoms with Gasteiger partial charge in [-0.1, -0.05) is 18.9 Å². The van der Waals surface area contributed by atoms with Crippen molar-refractivity contribution in [2.45, 2.75) is 63.7 Å². The quantitative estimate of drug-likeness (QED) is 0.248. The molecule has 0 bridgehead atoms. The summed E-state index contributed by atoms with van der Waals surface area (Å²) in [6.07, 6.45) is 9.02. The Bertz CT molecular complexity index is 1750. The van der Waals surface area contributed by atoms with Gasteiger partial charge in [0.2, 0.25) is 0 Å². The van der Waals surface area contributed by atoms with Crippen LogP contribution in [0.4, 0.5) is 19.0 Å². The maximum Gasteiger partial charge on any atom is 0.319 e. The highest BCUT2D eigenvalue weighted by Crippen LogP contribution is 2.41. The lowest BCUT2D eigenvalue weighted by Gasteiger charge is -2.31. The van der Waals surface area contributed by atoms with E-state index in [4.69, 9.17) is 11.2 Å². The average Bonchev–Trinajstić information content (AvgIpc) is 3.48. The standard InChI is InChI=1S/C32H32F3N5O2/c1-5-21-24(34)9-8-18-12-20(41)13-22(25(18)21)27-26(35)28-23(15-36-27)29(39-31(3,4)6-2)38-30(37-28)42-17-32-10-7-11-40(32)16-19(33)14-32/h1,8-9,12-13,15,19,41H,6-7,10-11,14,16-17H2,2-4H3,(H,37,38,39)/t19-,32+/m1/s1. The molecule has 2 N–H and O–H groups in total. The van der Waals surface area contributed by atoms with Gasteiger partial charge in [-0.25, -0.2) is 13.2 Å². The number of pyridine rings is 1. The third-order valence-corrected chi connectivity index (χ3v) is 8.69. The Morgan fingerprint density at radius 3 is 2.83 bits per heavy atom. The summed E-state index contributed by atoms with van der Waals surface area (Å²) in [5, 5.41) is 14.8. The zero-order valence-corrected chi connectivity index (χ0v) is 23.8. The van der Waals surface area contributed by atoms with E-state index in [2.05, 4.69) is 31.1 Å². The first-order valence-electron chi connectivity index (χ1n) is 14.1. The topological polar surface area (TPSA) is 83.4 Å². The van der Waals surface area contributed by atoms with Gasteiger partial charge < -0.3 is 15.2 Å². The number of aromatic nitrogens is 3. The van der Waals surface area contributed by atoms with Crippen LogP contribution in [0.25, 0.3) is 32.9 Å². The second-order valence-corrected chi connectivity index (χ2v) is 11.9. The highest BCUT2D eigenvalue weighted by atomic mass is 19.1.